The van der Waals surface area contributed by atoms with E-state index in [2.05, 4.69) is 20.8 Å². The number of rotatable bonds is 8. The van der Waals surface area contributed by atoms with Crippen LogP contribution in [0.4, 0.5) is 5.13 Å². The molecule has 8 heteroatoms. The Kier molecular flexibility index (Phi) is 8.70. The molecule has 0 radical (unpaired) electrons. The normalized spacial score (nSPS) is 16.6. The first-order valence-electron chi connectivity index (χ1n) is 8.26. The van der Waals surface area contributed by atoms with Crippen molar-refractivity contribution in [3.05, 3.63) is 0 Å². The fraction of sp³-hybridized carbons (Fsp3) is 0.800. The van der Waals surface area contributed by atoms with Gasteiger partial charge in [-0.2, -0.15) is 0 Å². The number of hydrogen-bond donors (Lipinski definition) is 2. The summed E-state index contributed by atoms with van der Waals surface area (Å²) in [4.78, 5) is 12.1. The van der Waals surface area contributed by atoms with Crippen LogP contribution in [-0.4, -0.2) is 48.2 Å². The average Bonchev–Trinajstić information content (AvgIpc) is 2.96. The van der Waals surface area contributed by atoms with E-state index in [9.17, 15) is 4.79 Å². The second-order valence-electron chi connectivity index (χ2n) is 5.69. The number of thioether (sulfide) groups is 1. The van der Waals surface area contributed by atoms with Crippen molar-refractivity contribution in [1.82, 2.24) is 15.5 Å². The molecule has 6 nitrogen and oxygen atoms in total. The van der Waals surface area contributed by atoms with E-state index < -0.39 is 0 Å². The van der Waals surface area contributed by atoms with E-state index in [0.29, 0.717) is 24.9 Å². The summed E-state index contributed by atoms with van der Waals surface area (Å²) >= 11 is 2.92. The summed E-state index contributed by atoms with van der Waals surface area (Å²) in [6.45, 7) is 1.34. The number of nitrogens with zero attached hydrogens (tertiary/aromatic N) is 2. The van der Waals surface area contributed by atoms with Gasteiger partial charge in [0, 0.05) is 19.7 Å². The summed E-state index contributed by atoms with van der Waals surface area (Å²) in [5.74, 6) is 0.507. The van der Waals surface area contributed by atoms with Crippen LogP contribution in [0.1, 0.15) is 44.9 Å². The second-order valence-corrected chi connectivity index (χ2v) is 7.89. The Morgan fingerprint density at radius 3 is 2.74 bits per heavy atom. The van der Waals surface area contributed by atoms with Crippen LogP contribution < -0.4 is 10.6 Å². The SMILES string of the molecule is COCCNc1nnc(SCC(=O)NC2CCCCCCC2)s1. The molecule has 1 fully saturated rings. The van der Waals surface area contributed by atoms with E-state index in [1.165, 1.54) is 55.2 Å². The molecule has 1 saturated carbocycles. The van der Waals surface area contributed by atoms with Crippen molar-refractivity contribution in [3.8, 4) is 0 Å². The largest absolute Gasteiger partial charge is 0.383 e. The first-order chi connectivity index (χ1) is 11.3. The molecule has 0 unspecified atom stereocenters. The molecule has 1 amide bonds. The summed E-state index contributed by atoms with van der Waals surface area (Å²) in [7, 11) is 1.66. The number of amides is 1. The van der Waals surface area contributed by atoms with Crippen LogP contribution in [0.2, 0.25) is 0 Å². The molecule has 0 aromatic carbocycles. The lowest BCUT2D eigenvalue weighted by Gasteiger charge is -2.20. The smallest absolute Gasteiger partial charge is 0.230 e. The van der Waals surface area contributed by atoms with Crippen molar-refractivity contribution in [3.63, 3.8) is 0 Å². The third kappa shape index (κ3) is 7.50. The van der Waals surface area contributed by atoms with Crippen LogP contribution >= 0.6 is 23.1 Å². The monoisotopic (exact) mass is 358 g/mol. The molecule has 0 spiro atoms. The Morgan fingerprint density at radius 2 is 2.00 bits per heavy atom. The van der Waals surface area contributed by atoms with Gasteiger partial charge >= 0.3 is 0 Å². The molecular formula is C15H26N4O2S2. The van der Waals surface area contributed by atoms with Crippen molar-refractivity contribution in [1.29, 1.82) is 0 Å². The summed E-state index contributed by atoms with van der Waals surface area (Å²) in [5.41, 5.74) is 0. The molecular weight excluding hydrogens is 332 g/mol. The van der Waals surface area contributed by atoms with Crippen molar-refractivity contribution in [2.24, 2.45) is 0 Å². The molecule has 0 bridgehead atoms. The Labute approximate surface area is 146 Å². The number of carbonyl (C=O) groups excluding carboxylic acids is 1. The van der Waals surface area contributed by atoms with Gasteiger partial charge in [-0.15, -0.1) is 10.2 Å². The third-order valence-corrected chi connectivity index (χ3v) is 5.80. The summed E-state index contributed by atoms with van der Waals surface area (Å²) in [6.07, 6.45) is 8.62. The predicted molar refractivity (Wildman–Crippen MR) is 95.2 cm³/mol. The second kappa shape index (κ2) is 10.8. The maximum Gasteiger partial charge on any atom is 0.230 e. The van der Waals surface area contributed by atoms with Gasteiger partial charge < -0.3 is 15.4 Å². The molecule has 1 heterocycles. The number of ether oxygens (including phenoxy) is 1. The Morgan fingerprint density at radius 1 is 1.26 bits per heavy atom. The summed E-state index contributed by atoms with van der Waals surface area (Å²) < 4.78 is 5.79. The highest BCUT2D eigenvalue weighted by Crippen LogP contribution is 2.25. The zero-order chi connectivity index (χ0) is 16.3. The standard InChI is InChI=1S/C15H26N4O2S2/c1-21-10-9-16-14-18-19-15(23-14)22-11-13(20)17-12-7-5-3-2-4-6-8-12/h12H,2-11H2,1H3,(H,16,18)(H,17,20). The number of nitrogens with one attached hydrogen (secondary N) is 2. The van der Waals surface area contributed by atoms with Crippen LogP contribution in [-0.2, 0) is 9.53 Å². The van der Waals surface area contributed by atoms with Gasteiger partial charge in [0.1, 0.15) is 0 Å². The van der Waals surface area contributed by atoms with Crippen molar-refractivity contribution in [2.75, 3.05) is 31.3 Å². The first kappa shape index (κ1) is 18.5. The van der Waals surface area contributed by atoms with Gasteiger partial charge in [-0.3, -0.25) is 4.79 Å². The minimum atomic E-state index is 0.102. The molecule has 0 atom stereocenters. The zero-order valence-electron chi connectivity index (χ0n) is 13.7. The lowest BCUT2D eigenvalue weighted by molar-refractivity contribution is -0.119. The fourth-order valence-corrected chi connectivity index (χ4v) is 4.19. The van der Waals surface area contributed by atoms with Gasteiger partial charge in [0.2, 0.25) is 11.0 Å². The number of aromatic nitrogens is 2. The minimum Gasteiger partial charge on any atom is -0.383 e. The highest BCUT2D eigenvalue weighted by atomic mass is 32.2. The molecule has 0 saturated heterocycles. The van der Waals surface area contributed by atoms with Crippen LogP contribution in [0, 0.1) is 0 Å². The highest BCUT2D eigenvalue weighted by molar-refractivity contribution is 8.01. The molecule has 1 aliphatic rings. The van der Waals surface area contributed by atoms with Gasteiger partial charge in [-0.1, -0.05) is 55.2 Å². The molecule has 23 heavy (non-hydrogen) atoms. The van der Waals surface area contributed by atoms with Crippen LogP contribution in [0.15, 0.2) is 4.34 Å². The predicted octanol–water partition coefficient (Wildman–Crippen LogP) is 2.92. The van der Waals surface area contributed by atoms with Crippen LogP contribution in [0.3, 0.4) is 0 Å². The topological polar surface area (TPSA) is 76.1 Å². The number of hydrogen-bond acceptors (Lipinski definition) is 7. The Bertz CT molecular complexity index is 462. The van der Waals surface area contributed by atoms with E-state index in [-0.39, 0.29) is 5.91 Å². The van der Waals surface area contributed by atoms with Crippen molar-refractivity contribution >= 4 is 34.1 Å². The lowest BCUT2D eigenvalue weighted by Crippen LogP contribution is -2.36. The van der Waals surface area contributed by atoms with Gasteiger partial charge in [0.25, 0.3) is 0 Å². The average molecular weight is 359 g/mol. The van der Waals surface area contributed by atoms with Gasteiger partial charge in [-0.05, 0) is 12.8 Å². The lowest BCUT2D eigenvalue weighted by atomic mass is 9.97. The van der Waals surface area contributed by atoms with Crippen molar-refractivity contribution < 1.29 is 9.53 Å². The maximum atomic E-state index is 12.1. The van der Waals surface area contributed by atoms with Crippen LogP contribution in [0.5, 0.6) is 0 Å². The van der Waals surface area contributed by atoms with Crippen LogP contribution in [0.25, 0.3) is 0 Å². The summed E-state index contributed by atoms with van der Waals surface area (Å²) in [5, 5.41) is 15.2. The van der Waals surface area contributed by atoms with Gasteiger partial charge in [-0.25, -0.2) is 0 Å². The van der Waals surface area contributed by atoms with E-state index in [1.807, 2.05) is 0 Å². The van der Waals surface area contributed by atoms with E-state index >= 15 is 0 Å². The molecule has 1 aromatic heterocycles. The van der Waals surface area contributed by atoms with Gasteiger partial charge in [0.15, 0.2) is 4.34 Å². The molecule has 1 aliphatic carbocycles. The Hall–Kier alpha value is -0.860. The molecule has 2 N–H and O–H groups in total. The number of methoxy groups -OCH3 is 1. The van der Waals surface area contributed by atoms with E-state index in [0.717, 1.165) is 22.3 Å². The van der Waals surface area contributed by atoms with E-state index in [1.54, 1.807) is 7.11 Å². The molecule has 130 valence electrons. The van der Waals surface area contributed by atoms with E-state index in [4.69, 9.17) is 4.74 Å². The molecule has 1 aromatic rings. The summed E-state index contributed by atoms with van der Waals surface area (Å²) in [6, 6.07) is 0.351. The fourth-order valence-electron chi connectivity index (χ4n) is 2.60. The molecule has 0 aliphatic heterocycles. The minimum absolute atomic E-state index is 0.102. The third-order valence-electron chi connectivity index (χ3n) is 3.79. The molecule has 2 rings (SSSR count). The quantitative estimate of drug-likeness (QED) is 0.550. The maximum absolute atomic E-state index is 12.1. The Balaban J connectivity index is 1.67. The highest BCUT2D eigenvalue weighted by Gasteiger charge is 2.15. The number of carbonyl (C=O) groups is 1. The first-order valence-corrected chi connectivity index (χ1v) is 10.1. The zero-order valence-corrected chi connectivity index (χ0v) is 15.3. The number of anilines is 1. The van der Waals surface area contributed by atoms with Gasteiger partial charge in [0.05, 0.1) is 12.4 Å². The van der Waals surface area contributed by atoms with Crippen molar-refractivity contribution in [2.45, 2.75) is 55.3 Å².